The maximum absolute atomic E-state index is 14.1. The van der Waals surface area contributed by atoms with Crippen LogP contribution in [0.1, 0.15) is 24.3 Å². The Morgan fingerprint density at radius 1 is 1.00 bits per heavy atom. The lowest BCUT2D eigenvalue weighted by molar-refractivity contribution is -0.0585. The van der Waals surface area contributed by atoms with Crippen molar-refractivity contribution in [2.24, 2.45) is 0 Å². The van der Waals surface area contributed by atoms with E-state index in [9.17, 15) is 18.7 Å². The van der Waals surface area contributed by atoms with Crippen LogP contribution in [-0.2, 0) is 0 Å². The van der Waals surface area contributed by atoms with E-state index in [1.165, 1.54) is 0 Å². The molecular weight excluding hydrogens is 450 g/mol. The van der Waals surface area contributed by atoms with Crippen molar-refractivity contribution in [2.45, 2.75) is 30.8 Å². The molecule has 35 heavy (non-hydrogen) atoms. The summed E-state index contributed by atoms with van der Waals surface area (Å²) in [6.07, 6.45) is 5.21. The Morgan fingerprint density at radius 2 is 1.71 bits per heavy atom. The minimum Gasteiger partial charge on any atom is -0.395 e. The van der Waals surface area contributed by atoms with Gasteiger partial charge in [-0.2, -0.15) is 0 Å². The number of carbonyl (C=O) groups excluding carboxylic acids is 1. The highest BCUT2D eigenvalue weighted by Gasteiger charge is 2.49. The summed E-state index contributed by atoms with van der Waals surface area (Å²) in [5.74, 6) is -1.23. The van der Waals surface area contributed by atoms with E-state index in [0.717, 1.165) is 54.3 Å². The van der Waals surface area contributed by atoms with Crippen molar-refractivity contribution >= 4 is 11.7 Å². The number of amides is 2. The van der Waals surface area contributed by atoms with E-state index in [1.54, 1.807) is 17.3 Å². The van der Waals surface area contributed by atoms with Crippen LogP contribution in [0, 0.1) is 11.6 Å². The Kier molecular flexibility index (Phi) is 6.74. The van der Waals surface area contributed by atoms with Crippen molar-refractivity contribution < 1.29 is 18.7 Å². The number of urea groups is 1. The summed E-state index contributed by atoms with van der Waals surface area (Å²) < 4.78 is 27.7. The maximum atomic E-state index is 14.1. The Bertz CT molecular complexity index is 1180. The van der Waals surface area contributed by atoms with Gasteiger partial charge in [0.1, 0.15) is 11.6 Å². The molecule has 8 heteroatoms. The second-order valence-corrected chi connectivity index (χ2v) is 9.15. The van der Waals surface area contributed by atoms with Gasteiger partial charge in [0.15, 0.2) is 0 Å². The molecule has 3 heterocycles. The number of nitrogens with one attached hydrogen (secondary N) is 1. The fourth-order valence-corrected chi connectivity index (χ4v) is 5.35. The van der Waals surface area contributed by atoms with Gasteiger partial charge in [0, 0.05) is 49.6 Å². The number of nitrogens with zero attached hydrogens (tertiary/aromatic N) is 3. The number of fused-ring (bicyclic) bond motifs is 1. The van der Waals surface area contributed by atoms with Gasteiger partial charge in [-0.3, -0.25) is 9.88 Å². The molecule has 2 aromatic carbocycles. The topological polar surface area (TPSA) is 68.7 Å². The van der Waals surface area contributed by atoms with Gasteiger partial charge in [0.2, 0.25) is 0 Å². The first-order valence-corrected chi connectivity index (χ1v) is 11.9. The Balaban J connectivity index is 1.35. The quantitative estimate of drug-likeness (QED) is 0.580. The molecule has 2 aliphatic heterocycles. The van der Waals surface area contributed by atoms with Crippen LogP contribution in [0.3, 0.4) is 0 Å². The van der Waals surface area contributed by atoms with E-state index in [4.69, 9.17) is 0 Å². The molecule has 2 amide bonds. The number of pyridine rings is 1. The lowest BCUT2D eigenvalue weighted by Gasteiger charge is -2.57. The number of anilines is 1. The lowest BCUT2D eigenvalue weighted by Crippen LogP contribution is -2.68. The highest BCUT2D eigenvalue weighted by molar-refractivity contribution is 5.89. The predicted octanol–water partition coefficient (Wildman–Crippen LogP) is 4.48. The standard InChI is InChI=1S/C27H28F2N4O2/c28-21-7-8-22(29)23(15-21)31-27(35)32-13-1-2-14-33-24(16-32)26(25(33)17-34)20-5-3-18(4-6-20)19-9-11-30-12-10-19/h3-12,15,24-26,34H,1-2,13-14,16-17H2,(H,31,35)/t24-,25+,26+/m1/s1. The molecule has 2 fully saturated rings. The zero-order valence-corrected chi connectivity index (χ0v) is 19.3. The maximum Gasteiger partial charge on any atom is 0.321 e. The SMILES string of the molecule is O=C(Nc1cc(F)ccc1F)N1CCCCN2[C@H](C1)[C@H](c1ccc(-c3ccncc3)cc1)[C@@H]2CO. The number of benzene rings is 2. The third kappa shape index (κ3) is 4.76. The summed E-state index contributed by atoms with van der Waals surface area (Å²) in [6.45, 7) is 1.87. The minimum atomic E-state index is -0.676. The number of aliphatic hydroxyl groups excluding tert-OH is 1. The molecule has 6 nitrogen and oxygen atoms in total. The molecule has 3 aromatic rings. The number of hydrogen-bond donors (Lipinski definition) is 2. The highest BCUT2D eigenvalue weighted by atomic mass is 19.1. The van der Waals surface area contributed by atoms with Crippen LogP contribution in [-0.4, -0.2) is 64.2 Å². The van der Waals surface area contributed by atoms with Gasteiger partial charge in [-0.1, -0.05) is 24.3 Å². The number of halogens is 2. The van der Waals surface area contributed by atoms with Gasteiger partial charge >= 0.3 is 6.03 Å². The number of aromatic nitrogens is 1. The molecule has 0 unspecified atom stereocenters. The molecule has 3 atom stereocenters. The van der Waals surface area contributed by atoms with Crippen molar-refractivity contribution in [3.63, 3.8) is 0 Å². The average molecular weight is 479 g/mol. The van der Waals surface area contributed by atoms with Crippen LogP contribution in [0.5, 0.6) is 0 Å². The zero-order chi connectivity index (χ0) is 24.4. The van der Waals surface area contributed by atoms with E-state index >= 15 is 0 Å². The van der Waals surface area contributed by atoms with E-state index < -0.39 is 17.7 Å². The van der Waals surface area contributed by atoms with Gasteiger partial charge < -0.3 is 15.3 Å². The van der Waals surface area contributed by atoms with Gasteiger partial charge in [-0.05, 0) is 60.3 Å². The lowest BCUT2D eigenvalue weighted by atomic mass is 9.74. The predicted molar refractivity (Wildman–Crippen MR) is 130 cm³/mol. The highest BCUT2D eigenvalue weighted by Crippen LogP contribution is 2.42. The fourth-order valence-electron chi connectivity index (χ4n) is 5.35. The Morgan fingerprint density at radius 3 is 2.46 bits per heavy atom. The molecule has 1 aromatic heterocycles. The molecule has 0 aliphatic carbocycles. The fraction of sp³-hybridized carbons (Fsp3) is 0.333. The molecule has 0 saturated carbocycles. The van der Waals surface area contributed by atoms with E-state index in [-0.39, 0.29) is 30.3 Å². The van der Waals surface area contributed by atoms with Crippen LogP contribution in [0.25, 0.3) is 11.1 Å². The smallest absolute Gasteiger partial charge is 0.321 e. The molecular formula is C27H28F2N4O2. The molecule has 5 rings (SSSR count). The van der Waals surface area contributed by atoms with Gasteiger partial charge in [-0.15, -0.1) is 0 Å². The average Bonchev–Trinajstić information content (AvgIpc) is 2.86. The largest absolute Gasteiger partial charge is 0.395 e. The van der Waals surface area contributed by atoms with Crippen LogP contribution in [0.4, 0.5) is 19.3 Å². The van der Waals surface area contributed by atoms with Crippen LogP contribution >= 0.6 is 0 Å². The van der Waals surface area contributed by atoms with E-state index in [0.29, 0.717) is 13.1 Å². The first-order chi connectivity index (χ1) is 17.0. The molecule has 2 saturated heterocycles. The number of hydrogen-bond acceptors (Lipinski definition) is 4. The first-order valence-electron chi connectivity index (χ1n) is 11.9. The molecule has 0 spiro atoms. The molecule has 182 valence electrons. The summed E-state index contributed by atoms with van der Waals surface area (Å²) in [6, 6.07) is 14.8. The van der Waals surface area contributed by atoms with E-state index in [1.807, 2.05) is 12.1 Å². The van der Waals surface area contributed by atoms with Crippen molar-refractivity contribution in [1.82, 2.24) is 14.8 Å². The second-order valence-electron chi connectivity index (χ2n) is 9.15. The molecule has 0 radical (unpaired) electrons. The van der Waals surface area contributed by atoms with Crippen LogP contribution in [0.15, 0.2) is 67.0 Å². The summed E-state index contributed by atoms with van der Waals surface area (Å²) >= 11 is 0. The molecule has 0 bridgehead atoms. The summed E-state index contributed by atoms with van der Waals surface area (Å²) in [4.78, 5) is 21.0. The van der Waals surface area contributed by atoms with Crippen molar-refractivity contribution in [2.75, 3.05) is 31.6 Å². The van der Waals surface area contributed by atoms with Gasteiger partial charge in [0.05, 0.1) is 12.3 Å². The first kappa shape index (κ1) is 23.4. The van der Waals surface area contributed by atoms with E-state index in [2.05, 4.69) is 39.5 Å². The number of rotatable bonds is 4. The molecule has 2 N–H and O–H groups in total. The third-order valence-electron chi connectivity index (χ3n) is 7.14. The normalized spacial score (nSPS) is 22.5. The minimum absolute atomic E-state index is 0.0181. The Hall–Kier alpha value is -3.36. The second kappa shape index (κ2) is 10.1. The Labute approximate surface area is 203 Å². The summed E-state index contributed by atoms with van der Waals surface area (Å²) in [5.41, 5.74) is 3.11. The van der Waals surface area contributed by atoms with Crippen LogP contribution < -0.4 is 5.32 Å². The van der Waals surface area contributed by atoms with Gasteiger partial charge in [-0.25, -0.2) is 13.6 Å². The molecule has 2 aliphatic rings. The summed E-state index contributed by atoms with van der Waals surface area (Å²) in [7, 11) is 0. The van der Waals surface area contributed by atoms with Crippen molar-refractivity contribution in [1.29, 1.82) is 0 Å². The monoisotopic (exact) mass is 478 g/mol. The van der Waals surface area contributed by atoms with Crippen molar-refractivity contribution in [3.05, 3.63) is 84.2 Å². The number of aliphatic hydroxyl groups is 1. The van der Waals surface area contributed by atoms with Crippen molar-refractivity contribution in [3.8, 4) is 11.1 Å². The third-order valence-corrected chi connectivity index (χ3v) is 7.14. The van der Waals surface area contributed by atoms with Crippen LogP contribution in [0.2, 0.25) is 0 Å². The zero-order valence-electron chi connectivity index (χ0n) is 19.3. The number of carbonyl (C=O) groups is 1. The van der Waals surface area contributed by atoms with Gasteiger partial charge in [0.25, 0.3) is 0 Å². The summed E-state index contributed by atoms with van der Waals surface area (Å²) in [5, 5.41) is 12.7.